The first-order valence-electron chi connectivity index (χ1n) is 8.65. The molecule has 2 heterocycles. The van der Waals surface area contributed by atoms with Crippen molar-refractivity contribution in [1.82, 2.24) is 9.97 Å². The minimum atomic E-state index is -1.50. The van der Waals surface area contributed by atoms with Crippen LogP contribution in [0.1, 0.15) is 0 Å². The first-order valence-corrected chi connectivity index (χ1v) is 10.2. The van der Waals surface area contributed by atoms with Gasteiger partial charge in [-0.1, -0.05) is 46.4 Å². The standard InChI is InChI=1S/C9H4Cl2N2O4.C9H5Cl2NO2.HNO3/c10-4-1-3-6(2-5(4)11)12-9(15)7(8(3)14)13(16)17;10-5-1-4-7(2-6(5)11)12-9(14)3-8(4)13;2-1(3)4/h1-2H,(H2,12,14,15);1-3H,(H2,12,13,14);(H,2,3,4). The third-order valence-electron chi connectivity index (χ3n) is 4.05. The van der Waals surface area contributed by atoms with E-state index in [1.54, 1.807) is 0 Å². The lowest BCUT2D eigenvalue weighted by Gasteiger charge is -2.03. The number of nitro groups is 1. The van der Waals surface area contributed by atoms with Gasteiger partial charge in [0, 0.05) is 16.8 Å². The highest BCUT2D eigenvalue weighted by molar-refractivity contribution is 6.43. The normalized spacial score (nSPS) is 10.2. The first-order chi connectivity index (χ1) is 16.2. The number of H-pyrrole nitrogens is 2. The molecule has 0 radical (unpaired) electrons. The Morgan fingerprint density at radius 3 is 1.66 bits per heavy atom. The molecule has 5 N–H and O–H groups in total. The summed E-state index contributed by atoms with van der Waals surface area (Å²) < 4.78 is 0. The Kier molecular flexibility index (Phi) is 8.71. The van der Waals surface area contributed by atoms with Gasteiger partial charge in [0.05, 0.1) is 36.0 Å². The van der Waals surface area contributed by atoms with E-state index in [9.17, 15) is 29.9 Å². The van der Waals surface area contributed by atoms with Crippen molar-refractivity contribution in [2.24, 2.45) is 0 Å². The van der Waals surface area contributed by atoms with E-state index in [2.05, 4.69) is 9.97 Å². The average molecular weight is 568 g/mol. The Morgan fingerprint density at radius 2 is 1.17 bits per heavy atom. The van der Waals surface area contributed by atoms with Gasteiger partial charge in [0.1, 0.15) is 5.75 Å². The van der Waals surface area contributed by atoms with Crippen LogP contribution in [-0.4, -0.2) is 35.4 Å². The summed E-state index contributed by atoms with van der Waals surface area (Å²) in [6, 6.07) is 6.65. The fraction of sp³-hybridized carbons (Fsp3) is 0. The molecule has 0 saturated heterocycles. The second kappa shape index (κ2) is 11.1. The van der Waals surface area contributed by atoms with E-state index in [0.29, 0.717) is 20.9 Å². The average Bonchev–Trinajstić information content (AvgIpc) is 2.71. The largest absolute Gasteiger partial charge is 0.507 e. The van der Waals surface area contributed by atoms with Crippen LogP contribution in [0.4, 0.5) is 5.69 Å². The minimum Gasteiger partial charge on any atom is -0.507 e. The van der Waals surface area contributed by atoms with E-state index in [-0.39, 0.29) is 32.3 Å². The second-order valence-corrected chi connectivity index (χ2v) is 7.92. The van der Waals surface area contributed by atoms with Crippen molar-refractivity contribution in [3.63, 3.8) is 0 Å². The molecule has 0 aliphatic rings. The third-order valence-corrected chi connectivity index (χ3v) is 5.49. The maximum Gasteiger partial charge on any atom is 0.375 e. The molecule has 2 aromatic carbocycles. The van der Waals surface area contributed by atoms with Gasteiger partial charge in [0.25, 0.3) is 10.6 Å². The summed E-state index contributed by atoms with van der Waals surface area (Å²) in [6.45, 7) is 0. The monoisotopic (exact) mass is 566 g/mol. The van der Waals surface area contributed by atoms with Gasteiger partial charge in [-0.05, 0) is 24.3 Å². The molecule has 0 aliphatic heterocycles. The molecule has 0 aliphatic carbocycles. The van der Waals surface area contributed by atoms with E-state index in [0.717, 1.165) is 6.07 Å². The highest BCUT2D eigenvalue weighted by atomic mass is 35.5. The molecular formula is C18H10Cl4N4O9. The van der Waals surface area contributed by atoms with Crippen LogP contribution in [0.2, 0.25) is 20.1 Å². The number of benzene rings is 2. The summed E-state index contributed by atoms with van der Waals surface area (Å²) in [5.74, 6) is -0.838. The van der Waals surface area contributed by atoms with Crippen LogP contribution in [0, 0.1) is 20.2 Å². The SMILES string of the molecule is O=[N+]([O-])O.O=c1[nH]c2cc(Cl)c(Cl)cc2c(O)c1[N+](=O)[O-].O=c1cc(O)c2cc(Cl)c(Cl)cc2[nH]1. The molecule has 35 heavy (non-hydrogen) atoms. The number of hydrogen-bond donors (Lipinski definition) is 5. The Morgan fingerprint density at radius 1 is 0.743 bits per heavy atom. The molecule has 0 atom stereocenters. The molecule has 0 unspecified atom stereocenters. The van der Waals surface area contributed by atoms with Crippen LogP contribution in [-0.2, 0) is 0 Å². The number of aromatic hydroxyl groups is 2. The van der Waals surface area contributed by atoms with Crippen molar-refractivity contribution >= 4 is 73.9 Å². The quantitative estimate of drug-likeness (QED) is 0.160. The number of fused-ring (bicyclic) bond motifs is 2. The van der Waals surface area contributed by atoms with Crippen LogP contribution in [0.25, 0.3) is 21.8 Å². The molecule has 0 saturated carbocycles. The van der Waals surface area contributed by atoms with Crippen molar-refractivity contribution < 1.29 is 25.4 Å². The van der Waals surface area contributed by atoms with Gasteiger partial charge in [-0.2, -0.15) is 0 Å². The third kappa shape index (κ3) is 6.64. The first kappa shape index (κ1) is 27.5. The summed E-state index contributed by atoms with van der Waals surface area (Å²) in [5, 5.41) is 44.8. The highest BCUT2D eigenvalue weighted by Gasteiger charge is 2.22. The summed E-state index contributed by atoms with van der Waals surface area (Å²) in [6.07, 6.45) is 0. The lowest BCUT2D eigenvalue weighted by atomic mass is 10.2. The number of aromatic amines is 2. The Balaban J connectivity index is 0.000000217. The van der Waals surface area contributed by atoms with Crippen molar-refractivity contribution in [2.45, 2.75) is 0 Å². The van der Waals surface area contributed by atoms with E-state index >= 15 is 0 Å². The summed E-state index contributed by atoms with van der Waals surface area (Å²) in [5.41, 5.74) is -1.67. The number of nitrogens with one attached hydrogen (secondary N) is 2. The number of halogens is 4. The molecule has 0 bridgehead atoms. The zero-order chi connectivity index (χ0) is 26.6. The molecule has 17 heteroatoms. The molecule has 0 fully saturated rings. The van der Waals surface area contributed by atoms with Gasteiger partial charge in [-0.15, -0.1) is 10.1 Å². The predicted octanol–water partition coefficient (Wildman–Crippen LogP) is 4.64. The molecule has 4 aromatic rings. The fourth-order valence-corrected chi connectivity index (χ4v) is 3.32. The second-order valence-electron chi connectivity index (χ2n) is 6.29. The van der Waals surface area contributed by atoms with Gasteiger partial charge in [0.15, 0.2) is 0 Å². The predicted molar refractivity (Wildman–Crippen MR) is 128 cm³/mol. The zero-order valence-corrected chi connectivity index (χ0v) is 19.6. The summed E-state index contributed by atoms with van der Waals surface area (Å²) >= 11 is 23.0. The fourth-order valence-electron chi connectivity index (χ4n) is 2.67. The van der Waals surface area contributed by atoms with Crippen molar-refractivity contribution in [1.29, 1.82) is 0 Å². The van der Waals surface area contributed by atoms with Crippen molar-refractivity contribution in [3.8, 4) is 11.5 Å². The van der Waals surface area contributed by atoms with Crippen molar-refractivity contribution in [3.05, 3.63) is 91.4 Å². The van der Waals surface area contributed by atoms with Crippen LogP contribution in [0.5, 0.6) is 11.5 Å². The molecule has 2 aromatic heterocycles. The smallest absolute Gasteiger partial charge is 0.375 e. The Hall–Kier alpha value is -3.78. The maximum atomic E-state index is 11.4. The number of pyridine rings is 2. The minimum absolute atomic E-state index is 0.0608. The Bertz CT molecular complexity index is 1580. The summed E-state index contributed by atoms with van der Waals surface area (Å²) in [4.78, 5) is 45.2. The van der Waals surface area contributed by atoms with Crippen molar-refractivity contribution in [2.75, 3.05) is 0 Å². The Labute approximate surface area is 211 Å². The molecule has 4 rings (SSSR count). The van der Waals surface area contributed by atoms with Gasteiger partial charge >= 0.3 is 11.2 Å². The highest BCUT2D eigenvalue weighted by Crippen LogP contribution is 2.34. The number of nitrogens with zero attached hydrogens (tertiary/aromatic N) is 2. The van der Waals surface area contributed by atoms with Gasteiger partial charge in [0.2, 0.25) is 5.75 Å². The summed E-state index contributed by atoms with van der Waals surface area (Å²) in [7, 11) is 0. The lowest BCUT2D eigenvalue weighted by molar-refractivity contribution is -0.742. The topological polar surface area (TPSA) is 213 Å². The maximum absolute atomic E-state index is 11.4. The van der Waals surface area contributed by atoms with Gasteiger partial charge < -0.3 is 25.4 Å². The molecule has 13 nitrogen and oxygen atoms in total. The number of rotatable bonds is 1. The zero-order valence-electron chi connectivity index (χ0n) is 16.6. The van der Waals surface area contributed by atoms with Gasteiger partial charge in [-0.3, -0.25) is 19.7 Å². The van der Waals surface area contributed by atoms with Crippen LogP contribution < -0.4 is 11.1 Å². The van der Waals surface area contributed by atoms with Gasteiger partial charge in [-0.25, -0.2) is 0 Å². The van der Waals surface area contributed by atoms with E-state index in [4.69, 9.17) is 61.7 Å². The van der Waals surface area contributed by atoms with E-state index < -0.39 is 27.0 Å². The number of aromatic nitrogens is 2. The van der Waals surface area contributed by atoms with E-state index in [1.165, 1.54) is 24.3 Å². The van der Waals surface area contributed by atoms with Crippen LogP contribution in [0.15, 0.2) is 39.9 Å². The number of hydrogen-bond acceptors (Lipinski definition) is 8. The lowest BCUT2D eigenvalue weighted by Crippen LogP contribution is -2.11. The van der Waals surface area contributed by atoms with Crippen LogP contribution >= 0.6 is 46.4 Å². The molecular weight excluding hydrogens is 558 g/mol. The van der Waals surface area contributed by atoms with Crippen LogP contribution in [0.3, 0.4) is 0 Å². The van der Waals surface area contributed by atoms with E-state index in [1.807, 2.05) is 0 Å². The molecule has 0 amide bonds. The molecule has 0 spiro atoms. The molecule has 184 valence electrons.